The Morgan fingerprint density at radius 1 is 1.50 bits per heavy atom. The van der Waals surface area contributed by atoms with Gasteiger partial charge in [0.1, 0.15) is 5.82 Å². The second-order valence-electron chi connectivity index (χ2n) is 4.78. The van der Waals surface area contributed by atoms with Crippen LogP contribution in [0, 0.1) is 11.7 Å². The quantitative estimate of drug-likeness (QED) is 0.861. The van der Waals surface area contributed by atoms with Crippen LogP contribution in [0.15, 0.2) is 22.7 Å². The summed E-state index contributed by atoms with van der Waals surface area (Å²) in [6, 6.07) is 4.86. The van der Waals surface area contributed by atoms with Gasteiger partial charge in [0.2, 0.25) is 0 Å². The van der Waals surface area contributed by atoms with Gasteiger partial charge in [0.15, 0.2) is 5.78 Å². The van der Waals surface area contributed by atoms with Crippen LogP contribution in [0.25, 0.3) is 0 Å². The number of hydrogen-bond donors (Lipinski definition) is 1. The summed E-state index contributed by atoms with van der Waals surface area (Å²) in [5, 5.41) is 3.33. The second-order valence-corrected chi connectivity index (χ2v) is 5.63. The van der Waals surface area contributed by atoms with Gasteiger partial charge in [-0.15, -0.1) is 0 Å². The van der Waals surface area contributed by atoms with Crippen molar-refractivity contribution in [2.24, 2.45) is 5.92 Å². The average Bonchev–Trinajstić information content (AvgIpc) is 2.40. The Kier molecular flexibility index (Phi) is 4.89. The van der Waals surface area contributed by atoms with E-state index in [4.69, 9.17) is 0 Å². The van der Waals surface area contributed by atoms with Gasteiger partial charge in [-0.25, -0.2) is 4.39 Å². The molecular formula is C14H17BrFNO. The first kappa shape index (κ1) is 13.7. The van der Waals surface area contributed by atoms with E-state index in [0.717, 1.165) is 19.5 Å². The summed E-state index contributed by atoms with van der Waals surface area (Å²) >= 11 is 3.10. The lowest BCUT2D eigenvalue weighted by molar-refractivity contribution is 0.0967. The molecule has 1 N–H and O–H groups in total. The Morgan fingerprint density at radius 2 is 2.33 bits per heavy atom. The van der Waals surface area contributed by atoms with Gasteiger partial charge in [-0.1, -0.05) is 6.07 Å². The van der Waals surface area contributed by atoms with Gasteiger partial charge in [-0.3, -0.25) is 4.79 Å². The Bertz CT molecular complexity index is 430. The van der Waals surface area contributed by atoms with Crippen LogP contribution >= 0.6 is 15.9 Å². The van der Waals surface area contributed by atoms with Crippen LogP contribution in [0.1, 0.15) is 36.0 Å². The molecule has 0 spiro atoms. The van der Waals surface area contributed by atoms with E-state index in [-0.39, 0.29) is 11.3 Å². The van der Waals surface area contributed by atoms with Crippen molar-refractivity contribution in [3.05, 3.63) is 34.1 Å². The standard InChI is InChI=1S/C14H17BrFNO/c15-12-5-1-4-11(14(12)16)13(18)7-6-10-3-2-8-17-9-10/h1,4-5,10,17H,2-3,6-9H2. The number of rotatable bonds is 4. The summed E-state index contributed by atoms with van der Waals surface area (Å²) in [6.45, 7) is 2.05. The lowest BCUT2D eigenvalue weighted by atomic mass is 9.92. The minimum atomic E-state index is -0.440. The number of ketones is 1. The van der Waals surface area contributed by atoms with Crippen molar-refractivity contribution < 1.29 is 9.18 Å². The van der Waals surface area contributed by atoms with Crippen molar-refractivity contribution in [3.63, 3.8) is 0 Å². The molecule has 1 aliphatic heterocycles. The fourth-order valence-electron chi connectivity index (χ4n) is 2.36. The number of piperidine rings is 1. The van der Waals surface area contributed by atoms with Crippen molar-refractivity contribution >= 4 is 21.7 Å². The smallest absolute Gasteiger partial charge is 0.165 e. The second kappa shape index (κ2) is 6.43. The van der Waals surface area contributed by atoms with E-state index in [9.17, 15) is 9.18 Å². The number of nitrogens with one attached hydrogen (secondary N) is 1. The molecule has 0 bridgehead atoms. The largest absolute Gasteiger partial charge is 0.316 e. The average molecular weight is 314 g/mol. The molecule has 1 aromatic carbocycles. The number of carbonyl (C=O) groups is 1. The first-order valence-electron chi connectivity index (χ1n) is 6.36. The normalized spacial score (nSPS) is 19.8. The van der Waals surface area contributed by atoms with Crippen molar-refractivity contribution in [1.29, 1.82) is 0 Å². The Balaban J connectivity index is 1.93. The predicted octanol–water partition coefficient (Wildman–Crippen LogP) is 3.55. The maximum atomic E-state index is 13.7. The molecule has 1 saturated heterocycles. The molecule has 0 aliphatic carbocycles. The first-order valence-corrected chi connectivity index (χ1v) is 7.15. The number of carbonyl (C=O) groups excluding carboxylic acids is 1. The SMILES string of the molecule is O=C(CCC1CCCNC1)c1cccc(Br)c1F. The molecule has 1 aliphatic rings. The highest BCUT2D eigenvalue weighted by Crippen LogP contribution is 2.22. The van der Waals surface area contributed by atoms with Crippen LogP contribution in [0.3, 0.4) is 0 Å². The topological polar surface area (TPSA) is 29.1 Å². The zero-order valence-corrected chi connectivity index (χ0v) is 11.8. The van der Waals surface area contributed by atoms with Crippen LogP contribution in [-0.2, 0) is 0 Å². The highest BCUT2D eigenvalue weighted by Gasteiger charge is 2.17. The van der Waals surface area contributed by atoms with Gasteiger partial charge in [-0.05, 0) is 66.3 Å². The maximum Gasteiger partial charge on any atom is 0.165 e. The van der Waals surface area contributed by atoms with Gasteiger partial charge in [-0.2, -0.15) is 0 Å². The molecule has 98 valence electrons. The number of Topliss-reactive ketones (excluding diaryl/α,β-unsaturated/α-hetero) is 1. The van der Waals surface area contributed by atoms with E-state index in [1.54, 1.807) is 18.2 Å². The van der Waals surface area contributed by atoms with Gasteiger partial charge in [0.05, 0.1) is 10.0 Å². The lowest BCUT2D eigenvalue weighted by Gasteiger charge is -2.22. The molecule has 0 aromatic heterocycles. The van der Waals surface area contributed by atoms with Crippen molar-refractivity contribution in [2.75, 3.05) is 13.1 Å². The molecule has 0 saturated carbocycles. The van der Waals surface area contributed by atoms with E-state index in [1.807, 2.05) is 0 Å². The predicted molar refractivity (Wildman–Crippen MR) is 73.3 cm³/mol. The molecule has 0 amide bonds. The molecule has 1 heterocycles. The maximum absolute atomic E-state index is 13.7. The molecule has 4 heteroatoms. The fraction of sp³-hybridized carbons (Fsp3) is 0.500. The van der Waals surface area contributed by atoms with Crippen LogP contribution in [0.2, 0.25) is 0 Å². The van der Waals surface area contributed by atoms with Gasteiger partial charge in [0, 0.05) is 6.42 Å². The van der Waals surface area contributed by atoms with Gasteiger partial charge in [0.25, 0.3) is 0 Å². The summed E-state index contributed by atoms with van der Waals surface area (Å²) in [4.78, 5) is 12.0. The molecule has 18 heavy (non-hydrogen) atoms. The first-order chi connectivity index (χ1) is 8.68. The highest BCUT2D eigenvalue weighted by molar-refractivity contribution is 9.10. The van der Waals surface area contributed by atoms with Gasteiger partial charge < -0.3 is 5.32 Å². The van der Waals surface area contributed by atoms with E-state index in [1.165, 1.54) is 12.8 Å². The third-order valence-corrected chi connectivity index (χ3v) is 4.04. The van der Waals surface area contributed by atoms with E-state index in [2.05, 4.69) is 21.2 Å². The summed E-state index contributed by atoms with van der Waals surface area (Å²) in [6.07, 6.45) is 3.61. The van der Waals surface area contributed by atoms with Crippen LogP contribution in [0.4, 0.5) is 4.39 Å². The monoisotopic (exact) mass is 313 g/mol. The van der Waals surface area contributed by atoms with Crippen LogP contribution in [0.5, 0.6) is 0 Å². The molecule has 2 nitrogen and oxygen atoms in total. The summed E-state index contributed by atoms with van der Waals surface area (Å²) in [5.74, 6) is 0.0153. The fourth-order valence-corrected chi connectivity index (χ4v) is 2.73. The highest BCUT2D eigenvalue weighted by atomic mass is 79.9. The van der Waals surface area contributed by atoms with Crippen molar-refractivity contribution in [3.8, 4) is 0 Å². The number of halogens is 2. The van der Waals surface area contributed by atoms with E-state index in [0.29, 0.717) is 16.8 Å². The third kappa shape index (κ3) is 3.39. The summed E-state index contributed by atoms with van der Waals surface area (Å²) in [5.41, 5.74) is 0.202. The van der Waals surface area contributed by atoms with E-state index < -0.39 is 5.82 Å². The van der Waals surface area contributed by atoms with Crippen molar-refractivity contribution in [2.45, 2.75) is 25.7 Å². The third-order valence-electron chi connectivity index (χ3n) is 3.43. The Morgan fingerprint density at radius 3 is 3.06 bits per heavy atom. The number of hydrogen-bond acceptors (Lipinski definition) is 2. The summed E-state index contributed by atoms with van der Waals surface area (Å²) in [7, 11) is 0. The molecule has 1 fully saturated rings. The molecule has 2 rings (SSSR count). The molecule has 1 unspecified atom stereocenters. The zero-order chi connectivity index (χ0) is 13.0. The van der Waals surface area contributed by atoms with Crippen molar-refractivity contribution in [1.82, 2.24) is 5.32 Å². The number of benzene rings is 1. The van der Waals surface area contributed by atoms with E-state index >= 15 is 0 Å². The minimum absolute atomic E-state index is 0.0978. The molecule has 0 radical (unpaired) electrons. The van der Waals surface area contributed by atoms with Crippen LogP contribution in [-0.4, -0.2) is 18.9 Å². The Hall–Kier alpha value is -0.740. The molecule has 1 aromatic rings. The molecule has 1 atom stereocenters. The van der Waals surface area contributed by atoms with Gasteiger partial charge >= 0.3 is 0 Å². The summed E-state index contributed by atoms with van der Waals surface area (Å²) < 4.78 is 14.1. The zero-order valence-electron chi connectivity index (χ0n) is 10.2. The lowest BCUT2D eigenvalue weighted by Crippen LogP contribution is -2.30. The Labute approximate surface area is 115 Å². The minimum Gasteiger partial charge on any atom is -0.316 e. The van der Waals surface area contributed by atoms with Crippen LogP contribution < -0.4 is 5.32 Å². The molecular weight excluding hydrogens is 297 g/mol.